The van der Waals surface area contributed by atoms with Crippen molar-refractivity contribution in [2.45, 2.75) is 31.8 Å². The Bertz CT molecular complexity index is 657. The van der Waals surface area contributed by atoms with E-state index in [4.69, 9.17) is 4.74 Å². The van der Waals surface area contributed by atoms with Crippen LogP contribution in [0.4, 0.5) is 0 Å². The van der Waals surface area contributed by atoms with E-state index in [1.807, 2.05) is 4.90 Å². The van der Waals surface area contributed by atoms with Crippen molar-refractivity contribution in [2.24, 2.45) is 17.8 Å². The van der Waals surface area contributed by atoms with Gasteiger partial charge in [0.1, 0.15) is 5.60 Å². The first-order chi connectivity index (χ1) is 12.1. The molecule has 0 unspecified atom stereocenters. The third-order valence-electron chi connectivity index (χ3n) is 5.98. The summed E-state index contributed by atoms with van der Waals surface area (Å²) in [6.07, 6.45) is 6.17. The molecule has 1 N–H and O–H groups in total. The molecular weight excluding hydrogens is 318 g/mol. The number of amides is 2. The number of pyridine rings is 1. The Hall–Kier alpha value is -1.95. The molecule has 1 spiro atoms. The molecule has 0 aromatic carbocycles. The lowest BCUT2D eigenvalue weighted by molar-refractivity contribution is -0.166. The highest BCUT2D eigenvalue weighted by molar-refractivity contribution is 5.93. The minimum absolute atomic E-state index is 0.0662. The number of hydrogen-bond donors (Lipinski definition) is 1. The molecule has 6 nitrogen and oxygen atoms in total. The van der Waals surface area contributed by atoms with Gasteiger partial charge in [-0.25, -0.2) is 0 Å². The maximum Gasteiger partial charge on any atom is 0.251 e. The molecule has 2 saturated heterocycles. The Morgan fingerprint density at radius 2 is 2.08 bits per heavy atom. The molecule has 2 aliphatic heterocycles. The molecule has 3 fully saturated rings. The van der Waals surface area contributed by atoms with Crippen LogP contribution >= 0.6 is 0 Å². The first kappa shape index (κ1) is 16.5. The predicted octanol–water partition coefficient (Wildman–Crippen LogP) is 1.47. The lowest BCUT2D eigenvalue weighted by Gasteiger charge is -2.50. The summed E-state index contributed by atoms with van der Waals surface area (Å²) in [6, 6.07) is 3.42. The van der Waals surface area contributed by atoms with Crippen LogP contribution in [0.1, 0.15) is 36.5 Å². The number of rotatable bonds is 5. The Balaban J connectivity index is 1.25. The van der Waals surface area contributed by atoms with Crippen molar-refractivity contribution in [3.05, 3.63) is 30.1 Å². The number of nitrogens with one attached hydrogen (secondary N) is 1. The third kappa shape index (κ3) is 3.15. The molecule has 0 bridgehead atoms. The Kier molecular flexibility index (Phi) is 4.23. The van der Waals surface area contributed by atoms with Gasteiger partial charge in [0.2, 0.25) is 5.91 Å². The van der Waals surface area contributed by atoms with Crippen molar-refractivity contribution >= 4 is 11.8 Å². The minimum atomic E-state index is -0.171. The molecule has 1 aromatic rings. The molecule has 0 radical (unpaired) electrons. The summed E-state index contributed by atoms with van der Waals surface area (Å²) in [6.45, 7) is 4.96. The maximum absolute atomic E-state index is 12.3. The van der Waals surface area contributed by atoms with Gasteiger partial charge in [0.05, 0.1) is 13.1 Å². The lowest BCUT2D eigenvalue weighted by atomic mass is 9.78. The van der Waals surface area contributed by atoms with Crippen molar-refractivity contribution in [1.82, 2.24) is 15.2 Å². The van der Waals surface area contributed by atoms with Gasteiger partial charge in [0.25, 0.3) is 5.91 Å². The van der Waals surface area contributed by atoms with Gasteiger partial charge < -0.3 is 15.0 Å². The summed E-state index contributed by atoms with van der Waals surface area (Å²) < 4.78 is 6.02. The molecule has 3 aliphatic rings. The number of ether oxygens (including phenoxy) is 1. The van der Waals surface area contributed by atoms with E-state index in [1.165, 1.54) is 0 Å². The number of nitrogens with zero attached hydrogens (tertiary/aromatic N) is 2. The molecule has 6 heteroatoms. The quantitative estimate of drug-likeness (QED) is 0.879. The number of hydrogen-bond acceptors (Lipinski definition) is 4. The Morgan fingerprint density at radius 3 is 2.76 bits per heavy atom. The molecule has 3 atom stereocenters. The number of carbonyl (C=O) groups excluding carboxylic acids is 2. The fourth-order valence-corrected chi connectivity index (χ4v) is 4.16. The van der Waals surface area contributed by atoms with Crippen molar-refractivity contribution < 1.29 is 14.3 Å². The van der Waals surface area contributed by atoms with Crippen LogP contribution in [0, 0.1) is 17.8 Å². The van der Waals surface area contributed by atoms with Crippen molar-refractivity contribution in [2.75, 3.05) is 26.2 Å². The molecule has 3 heterocycles. The molecule has 25 heavy (non-hydrogen) atoms. The van der Waals surface area contributed by atoms with Crippen molar-refractivity contribution in [3.63, 3.8) is 0 Å². The van der Waals surface area contributed by atoms with E-state index in [0.29, 0.717) is 29.9 Å². The van der Waals surface area contributed by atoms with Gasteiger partial charge >= 0.3 is 0 Å². The zero-order chi connectivity index (χ0) is 17.4. The summed E-state index contributed by atoms with van der Waals surface area (Å²) in [5.41, 5.74) is 0.459. The van der Waals surface area contributed by atoms with E-state index in [2.05, 4.69) is 17.2 Å². The fraction of sp³-hybridized carbons (Fsp3) is 0.632. The lowest BCUT2D eigenvalue weighted by Crippen LogP contribution is -2.66. The molecule has 134 valence electrons. The Labute approximate surface area is 147 Å². The average molecular weight is 343 g/mol. The minimum Gasteiger partial charge on any atom is -0.371 e. The maximum atomic E-state index is 12.3. The predicted molar refractivity (Wildman–Crippen MR) is 91.8 cm³/mol. The Morgan fingerprint density at radius 1 is 1.36 bits per heavy atom. The van der Waals surface area contributed by atoms with Gasteiger partial charge in [-0.3, -0.25) is 14.6 Å². The number of carbonyl (C=O) groups is 2. The zero-order valence-electron chi connectivity index (χ0n) is 14.6. The second kappa shape index (κ2) is 6.41. The van der Waals surface area contributed by atoms with Crippen LogP contribution in [-0.2, 0) is 9.53 Å². The van der Waals surface area contributed by atoms with Crippen molar-refractivity contribution in [1.29, 1.82) is 0 Å². The van der Waals surface area contributed by atoms with Gasteiger partial charge in [0, 0.05) is 37.0 Å². The third-order valence-corrected chi connectivity index (χ3v) is 5.98. The molecule has 1 saturated carbocycles. The average Bonchev–Trinajstić information content (AvgIpc) is 3.17. The summed E-state index contributed by atoms with van der Waals surface area (Å²) >= 11 is 0. The largest absolute Gasteiger partial charge is 0.371 e. The van der Waals surface area contributed by atoms with Crippen LogP contribution in [0.25, 0.3) is 0 Å². The molecule has 1 aliphatic carbocycles. The van der Waals surface area contributed by atoms with Crippen LogP contribution in [0.5, 0.6) is 0 Å². The number of aromatic nitrogens is 1. The topological polar surface area (TPSA) is 71.5 Å². The van der Waals surface area contributed by atoms with Crippen LogP contribution in [0.2, 0.25) is 0 Å². The van der Waals surface area contributed by atoms with Gasteiger partial charge in [-0.15, -0.1) is 0 Å². The van der Waals surface area contributed by atoms with E-state index in [9.17, 15) is 9.59 Å². The number of likely N-dealkylation sites (tertiary alicyclic amines) is 1. The second-order valence-corrected chi connectivity index (χ2v) is 7.69. The first-order valence-electron chi connectivity index (χ1n) is 9.20. The zero-order valence-corrected chi connectivity index (χ0v) is 14.6. The van der Waals surface area contributed by atoms with E-state index in [1.54, 1.807) is 24.5 Å². The summed E-state index contributed by atoms with van der Waals surface area (Å²) in [5.74, 6) is 1.44. The SMILES string of the molecule is C[C@@H]1C[C@H]1C(=O)N1CC2(C1)OCC[C@H]2CCNC(=O)c1ccncc1. The molecule has 1 aromatic heterocycles. The smallest absolute Gasteiger partial charge is 0.251 e. The van der Waals surface area contributed by atoms with Gasteiger partial charge in [-0.2, -0.15) is 0 Å². The van der Waals surface area contributed by atoms with Crippen molar-refractivity contribution in [3.8, 4) is 0 Å². The second-order valence-electron chi connectivity index (χ2n) is 7.69. The highest BCUT2D eigenvalue weighted by Crippen LogP contribution is 2.45. The molecule has 4 rings (SSSR count). The van der Waals surface area contributed by atoms with E-state index in [-0.39, 0.29) is 17.4 Å². The van der Waals surface area contributed by atoms with Crippen LogP contribution in [0.3, 0.4) is 0 Å². The molecular formula is C19H25N3O3. The van der Waals surface area contributed by atoms with E-state index in [0.717, 1.165) is 39.0 Å². The van der Waals surface area contributed by atoms with Crippen LogP contribution in [0.15, 0.2) is 24.5 Å². The normalized spacial score (nSPS) is 29.3. The molecule has 2 amide bonds. The fourth-order valence-electron chi connectivity index (χ4n) is 4.16. The van der Waals surface area contributed by atoms with Gasteiger partial charge in [-0.1, -0.05) is 6.92 Å². The summed E-state index contributed by atoms with van der Waals surface area (Å²) in [5, 5.41) is 2.98. The standard InChI is InChI=1S/C19H25N3O3/c1-13-10-16(13)18(24)22-11-19(12-22)15(5-9-25-19)4-8-21-17(23)14-2-6-20-7-3-14/h2-3,6-7,13,15-16H,4-5,8-12H2,1H3,(H,21,23)/t13-,15-,16-/m1/s1. The summed E-state index contributed by atoms with van der Waals surface area (Å²) in [7, 11) is 0. The first-order valence-corrected chi connectivity index (χ1v) is 9.20. The van der Waals surface area contributed by atoms with E-state index >= 15 is 0 Å². The van der Waals surface area contributed by atoms with Gasteiger partial charge in [0.15, 0.2) is 0 Å². The highest BCUT2D eigenvalue weighted by atomic mass is 16.5. The summed E-state index contributed by atoms with van der Waals surface area (Å²) in [4.78, 5) is 30.3. The van der Waals surface area contributed by atoms with Gasteiger partial charge in [-0.05, 0) is 43.2 Å². The highest BCUT2D eigenvalue weighted by Gasteiger charge is 2.56. The monoisotopic (exact) mass is 343 g/mol. The van der Waals surface area contributed by atoms with Crippen LogP contribution in [-0.4, -0.2) is 53.5 Å². The van der Waals surface area contributed by atoms with Crippen LogP contribution < -0.4 is 5.32 Å². The van der Waals surface area contributed by atoms with E-state index < -0.39 is 0 Å².